The van der Waals surface area contributed by atoms with Gasteiger partial charge in [0.1, 0.15) is 4.60 Å². The third-order valence-corrected chi connectivity index (χ3v) is 2.42. The lowest BCUT2D eigenvalue weighted by atomic mass is 10.2. The summed E-state index contributed by atoms with van der Waals surface area (Å²) >= 11 is 3.22. The van der Waals surface area contributed by atoms with E-state index in [1.165, 1.54) is 0 Å². The van der Waals surface area contributed by atoms with Crippen LogP contribution in [0.4, 0.5) is 0 Å². The summed E-state index contributed by atoms with van der Waals surface area (Å²) in [4.78, 5) is 15.6. The fourth-order valence-electron chi connectivity index (χ4n) is 1.15. The molecule has 1 aromatic heterocycles. The summed E-state index contributed by atoms with van der Waals surface area (Å²) in [6.45, 7) is 5.24. The zero-order valence-electron chi connectivity index (χ0n) is 9.49. The van der Waals surface area contributed by atoms with Gasteiger partial charge in [0.25, 0.3) is 5.91 Å². The number of pyridine rings is 1. The van der Waals surface area contributed by atoms with E-state index in [1.54, 1.807) is 24.4 Å². The molecular formula is C12H15BrN2O2. The number of nitrogens with zero attached hydrogens (tertiary/aromatic N) is 1. The van der Waals surface area contributed by atoms with Crippen molar-refractivity contribution in [1.29, 1.82) is 0 Å². The Morgan fingerprint density at radius 2 is 2.41 bits per heavy atom. The maximum absolute atomic E-state index is 11.7. The van der Waals surface area contributed by atoms with Gasteiger partial charge in [0.15, 0.2) is 0 Å². The molecular weight excluding hydrogens is 284 g/mol. The Morgan fingerprint density at radius 3 is 3.12 bits per heavy atom. The van der Waals surface area contributed by atoms with Gasteiger partial charge >= 0.3 is 0 Å². The lowest BCUT2D eigenvalue weighted by Crippen LogP contribution is -2.27. The van der Waals surface area contributed by atoms with Gasteiger partial charge in [-0.2, -0.15) is 0 Å². The minimum Gasteiger partial charge on any atom is -0.379 e. The number of carbonyl (C=O) groups is 1. The van der Waals surface area contributed by atoms with Crippen LogP contribution in [0.3, 0.4) is 0 Å². The van der Waals surface area contributed by atoms with Crippen LogP contribution >= 0.6 is 15.9 Å². The molecule has 0 fully saturated rings. The van der Waals surface area contributed by atoms with Crippen molar-refractivity contribution in [2.75, 3.05) is 19.8 Å². The highest BCUT2D eigenvalue weighted by molar-refractivity contribution is 9.10. The van der Waals surface area contributed by atoms with Crippen LogP contribution in [0.15, 0.2) is 35.6 Å². The number of hydrogen-bond donors (Lipinski definition) is 1. The number of hydrogen-bond acceptors (Lipinski definition) is 3. The second kappa shape index (κ2) is 7.97. The number of nitrogens with one attached hydrogen (secondary N) is 1. The maximum Gasteiger partial charge on any atom is 0.251 e. The molecule has 0 saturated carbocycles. The molecule has 0 unspecified atom stereocenters. The molecule has 1 aromatic rings. The molecule has 0 aliphatic carbocycles. The lowest BCUT2D eigenvalue weighted by molar-refractivity contribution is 0.0917. The number of ether oxygens (including phenoxy) is 1. The molecule has 0 saturated heterocycles. The monoisotopic (exact) mass is 298 g/mol. The Morgan fingerprint density at radius 1 is 1.59 bits per heavy atom. The van der Waals surface area contributed by atoms with Crippen molar-refractivity contribution in [2.24, 2.45) is 0 Å². The molecule has 0 atom stereocenters. The highest BCUT2D eigenvalue weighted by atomic mass is 79.9. The Bertz CT molecular complexity index is 383. The zero-order chi connectivity index (χ0) is 12.5. The highest BCUT2D eigenvalue weighted by Crippen LogP contribution is 2.07. The first-order valence-electron chi connectivity index (χ1n) is 5.32. The van der Waals surface area contributed by atoms with Crippen molar-refractivity contribution in [3.05, 3.63) is 41.2 Å². The molecule has 1 heterocycles. The van der Waals surface area contributed by atoms with Crippen LogP contribution in [-0.4, -0.2) is 30.6 Å². The third kappa shape index (κ3) is 5.60. The molecule has 0 spiro atoms. The van der Waals surface area contributed by atoms with Gasteiger partial charge in [0.05, 0.1) is 13.2 Å². The summed E-state index contributed by atoms with van der Waals surface area (Å²) in [6.07, 6.45) is 4.21. The molecule has 1 rings (SSSR count). The molecule has 0 aliphatic rings. The van der Waals surface area contributed by atoms with Crippen molar-refractivity contribution in [2.45, 2.75) is 6.42 Å². The van der Waals surface area contributed by atoms with Crippen molar-refractivity contribution >= 4 is 21.8 Å². The molecule has 4 nitrogen and oxygen atoms in total. The Hall–Kier alpha value is -1.20. The SMILES string of the molecule is C=CCCOCCNC(=O)c1ccnc(Br)c1. The first-order chi connectivity index (χ1) is 8.24. The van der Waals surface area contributed by atoms with Gasteiger partial charge < -0.3 is 10.1 Å². The zero-order valence-corrected chi connectivity index (χ0v) is 11.1. The molecule has 5 heteroatoms. The first kappa shape index (κ1) is 13.9. The number of halogens is 1. The summed E-state index contributed by atoms with van der Waals surface area (Å²) in [7, 11) is 0. The summed E-state index contributed by atoms with van der Waals surface area (Å²) in [5.41, 5.74) is 0.581. The van der Waals surface area contributed by atoms with Gasteiger partial charge in [-0.25, -0.2) is 4.98 Å². The lowest BCUT2D eigenvalue weighted by Gasteiger charge is -2.05. The van der Waals surface area contributed by atoms with E-state index in [9.17, 15) is 4.79 Å². The minimum absolute atomic E-state index is 0.125. The van der Waals surface area contributed by atoms with Crippen LogP contribution < -0.4 is 5.32 Å². The van der Waals surface area contributed by atoms with Gasteiger partial charge in [-0.3, -0.25) is 4.79 Å². The Kier molecular flexibility index (Phi) is 6.50. The normalized spacial score (nSPS) is 9.94. The quantitative estimate of drug-likeness (QED) is 0.477. The van der Waals surface area contributed by atoms with Gasteiger partial charge in [-0.15, -0.1) is 6.58 Å². The van der Waals surface area contributed by atoms with Gasteiger partial charge in [0.2, 0.25) is 0 Å². The van der Waals surface area contributed by atoms with Crippen LogP contribution in [0.2, 0.25) is 0 Å². The fraction of sp³-hybridized carbons (Fsp3) is 0.333. The second-order valence-electron chi connectivity index (χ2n) is 3.31. The van der Waals surface area contributed by atoms with Crippen LogP contribution in [0.25, 0.3) is 0 Å². The van der Waals surface area contributed by atoms with E-state index in [-0.39, 0.29) is 5.91 Å². The predicted molar refractivity (Wildman–Crippen MR) is 69.9 cm³/mol. The minimum atomic E-state index is -0.125. The first-order valence-corrected chi connectivity index (χ1v) is 6.11. The molecule has 1 amide bonds. The van der Waals surface area contributed by atoms with Crippen LogP contribution in [0.1, 0.15) is 16.8 Å². The molecule has 0 aromatic carbocycles. The standard InChI is InChI=1S/C12H15BrN2O2/c1-2-3-7-17-8-6-15-12(16)10-4-5-14-11(13)9-10/h2,4-5,9H,1,3,6-8H2,(H,15,16). The van der Waals surface area contributed by atoms with Crippen molar-refractivity contribution in [3.63, 3.8) is 0 Å². The summed E-state index contributed by atoms with van der Waals surface area (Å²) < 4.78 is 5.92. The third-order valence-electron chi connectivity index (χ3n) is 1.99. The van der Waals surface area contributed by atoms with E-state index >= 15 is 0 Å². The predicted octanol–water partition coefficient (Wildman–Crippen LogP) is 2.17. The topological polar surface area (TPSA) is 51.2 Å². The van der Waals surface area contributed by atoms with Gasteiger partial charge in [-0.1, -0.05) is 6.08 Å². The van der Waals surface area contributed by atoms with E-state index in [2.05, 4.69) is 32.8 Å². The molecule has 0 radical (unpaired) electrons. The highest BCUT2D eigenvalue weighted by Gasteiger charge is 2.04. The van der Waals surface area contributed by atoms with Crippen LogP contribution in [-0.2, 0) is 4.74 Å². The second-order valence-corrected chi connectivity index (χ2v) is 4.13. The van der Waals surface area contributed by atoms with Crippen LogP contribution in [0, 0.1) is 0 Å². The van der Waals surface area contributed by atoms with E-state index < -0.39 is 0 Å². The molecule has 17 heavy (non-hydrogen) atoms. The number of rotatable bonds is 7. The van der Waals surface area contributed by atoms with E-state index in [1.807, 2.05) is 0 Å². The van der Waals surface area contributed by atoms with E-state index in [0.29, 0.717) is 29.9 Å². The van der Waals surface area contributed by atoms with Crippen molar-refractivity contribution in [1.82, 2.24) is 10.3 Å². The maximum atomic E-state index is 11.7. The van der Waals surface area contributed by atoms with Crippen LogP contribution in [0.5, 0.6) is 0 Å². The average Bonchev–Trinajstić information content (AvgIpc) is 2.33. The number of aromatic nitrogens is 1. The van der Waals surface area contributed by atoms with Gasteiger partial charge in [-0.05, 0) is 34.5 Å². The molecule has 0 bridgehead atoms. The summed E-state index contributed by atoms with van der Waals surface area (Å²) in [5.74, 6) is -0.125. The van der Waals surface area contributed by atoms with Crippen molar-refractivity contribution < 1.29 is 9.53 Å². The fourth-order valence-corrected chi connectivity index (χ4v) is 1.52. The molecule has 0 aliphatic heterocycles. The largest absolute Gasteiger partial charge is 0.379 e. The molecule has 1 N–H and O–H groups in total. The number of amides is 1. The van der Waals surface area contributed by atoms with E-state index in [0.717, 1.165) is 6.42 Å². The molecule has 92 valence electrons. The summed E-state index contributed by atoms with van der Waals surface area (Å²) in [6, 6.07) is 3.34. The Labute approximate surface area is 109 Å². The van der Waals surface area contributed by atoms with E-state index in [4.69, 9.17) is 4.74 Å². The number of carbonyl (C=O) groups excluding carboxylic acids is 1. The average molecular weight is 299 g/mol. The smallest absolute Gasteiger partial charge is 0.251 e. The Balaban J connectivity index is 2.23. The van der Waals surface area contributed by atoms with Crippen molar-refractivity contribution in [3.8, 4) is 0 Å². The van der Waals surface area contributed by atoms with Gasteiger partial charge in [0, 0.05) is 18.3 Å². The summed E-state index contributed by atoms with van der Waals surface area (Å²) in [5, 5.41) is 2.76.